The van der Waals surface area contributed by atoms with Crippen LogP contribution in [0.25, 0.3) is 0 Å². The van der Waals surface area contributed by atoms with Crippen molar-refractivity contribution in [1.82, 2.24) is 4.57 Å². The lowest BCUT2D eigenvalue weighted by Crippen LogP contribution is -2.37. The number of hydrogen-bond acceptors (Lipinski definition) is 2. The molecule has 4 heteroatoms. The van der Waals surface area contributed by atoms with Gasteiger partial charge in [-0.1, -0.05) is 37.6 Å². The maximum Gasteiger partial charge on any atom is 0.256 e. The Labute approximate surface area is 125 Å². The first-order valence-electron chi connectivity index (χ1n) is 7.53. The molecule has 0 fully saturated rings. The average molecular weight is 286 g/mol. The van der Waals surface area contributed by atoms with Crippen LogP contribution in [-0.4, -0.2) is 10.5 Å². The normalized spacial score (nSPS) is 10.8. The number of hydrogen-bond donors (Lipinski definition) is 0. The molecule has 0 spiro atoms. The quantitative estimate of drug-likeness (QED) is 0.725. The van der Waals surface area contributed by atoms with Gasteiger partial charge in [-0.05, 0) is 24.5 Å². The lowest BCUT2D eigenvalue weighted by atomic mass is 10.1. The molecule has 1 aromatic heterocycles. The molecule has 0 atom stereocenters. The van der Waals surface area contributed by atoms with Crippen molar-refractivity contribution in [3.05, 3.63) is 53.6 Å². The van der Waals surface area contributed by atoms with Crippen LogP contribution in [0.2, 0.25) is 0 Å². The zero-order valence-corrected chi connectivity index (χ0v) is 12.7. The van der Waals surface area contributed by atoms with Crippen LogP contribution in [0.4, 0.5) is 0 Å². The van der Waals surface area contributed by atoms with Crippen molar-refractivity contribution in [3.63, 3.8) is 0 Å². The topological polar surface area (TPSA) is 48.9 Å². The summed E-state index contributed by atoms with van der Waals surface area (Å²) in [5.41, 5.74) is 1.32. The summed E-state index contributed by atoms with van der Waals surface area (Å²) in [7, 11) is 0. The number of unbranched alkanes of at least 4 members (excludes halogenated alkanes) is 1. The number of imidazole rings is 1. The minimum Gasteiger partial charge on any atom is -0.545 e. The van der Waals surface area contributed by atoms with Crippen LogP contribution in [0.5, 0.6) is 0 Å². The van der Waals surface area contributed by atoms with Crippen LogP contribution in [0, 0.1) is 0 Å². The van der Waals surface area contributed by atoms with Gasteiger partial charge < -0.3 is 9.90 Å². The predicted molar refractivity (Wildman–Crippen MR) is 78.8 cm³/mol. The average Bonchev–Trinajstić information content (AvgIpc) is 2.87. The molecule has 21 heavy (non-hydrogen) atoms. The summed E-state index contributed by atoms with van der Waals surface area (Å²) < 4.78 is 4.51. The van der Waals surface area contributed by atoms with E-state index in [4.69, 9.17) is 0 Å². The standard InChI is InChI=1S/C17H22N2O2/c1-3-5-6-16-18(4-2)11-12-19(16)13-14-7-9-15(10-8-14)17(20)21/h7-12H,3-6,13H2,1-2H3. The minimum atomic E-state index is -1.13. The Bertz CT molecular complexity index is 600. The van der Waals surface area contributed by atoms with E-state index in [-0.39, 0.29) is 5.56 Å². The molecule has 0 bridgehead atoms. The molecule has 0 aliphatic heterocycles. The first-order chi connectivity index (χ1) is 10.2. The van der Waals surface area contributed by atoms with Crippen molar-refractivity contribution in [2.45, 2.75) is 46.2 Å². The second-order valence-corrected chi connectivity index (χ2v) is 5.22. The summed E-state index contributed by atoms with van der Waals surface area (Å²) in [5, 5.41) is 10.8. The minimum absolute atomic E-state index is 0.223. The van der Waals surface area contributed by atoms with Crippen LogP contribution in [0.3, 0.4) is 0 Å². The van der Waals surface area contributed by atoms with E-state index in [0.717, 1.165) is 25.1 Å². The van der Waals surface area contributed by atoms with Gasteiger partial charge in [-0.25, -0.2) is 9.13 Å². The highest BCUT2D eigenvalue weighted by molar-refractivity contribution is 5.85. The van der Waals surface area contributed by atoms with E-state index >= 15 is 0 Å². The Hall–Kier alpha value is -2.10. The smallest absolute Gasteiger partial charge is 0.256 e. The first kappa shape index (κ1) is 15.3. The van der Waals surface area contributed by atoms with Gasteiger partial charge >= 0.3 is 0 Å². The lowest BCUT2D eigenvalue weighted by molar-refractivity contribution is -0.695. The van der Waals surface area contributed by atoms with Gasteiger partial charge in [0.15, 0.2) is 0 Å². The third kappa shape index (κ3) is 3.72. The molecule has 0 N–H and O–H groups in total. The zero-order chi connectivity index (χ0) is 15.2. The lowest BCUT2D eigenvalue weighted by Gasteiger charge is -2.06. The molecule has 0 amide bonds. The van der Waals surface area contributed by atoms with E-state index in [9.17, 15) is 9.90 Å². The number of carboxylic acid groups (broad SMARTS) is 1. The molecular formula is C17H22N2O2. The van der Waals surface area contributed by atoms with E-state index in [1.54, 1.807) is 12.1 Å². The molecule has 1 heterocycles. The monoisotopic (exact) mass is 286 g/mol. The number of carbonyl (C=O) groups excluding carboxylic acids is 1. The molecule has 1 aromatic carbocycles. The van der Waals surface area contributed by atoms with Crippen molar-refractivity contribution < 1.29 is 14.5 Å². The second-order valence-electron chi connectivity index (χ2n) is 5.22. The number of benzene rings is 1. The number of aryl methyl sites for hydroxylation is 1. The maximum absolute atomic E-state index is 10.8. The van der Waals surface area contributed by atoms with Gasteiger partial charge in [0.25, 0.3) is 5.82 Å². The number of aromatic nitrogens is 2. The van der Waals surface area contributed by atoms with Gasteiger partial charge in [-0.2, -0.15) is 0 Å². The summed E-state index contributed by atoms with van der Waals surface area (Å²) in [4.78, 5) is 10.8. The summed E-state index contributed by atoms with van der Waals surface area (Å²) in [6.45, 7) is 6.08. The SMILES string of the molecule is CCCCc1n(CC)cc[n+]1Cc1ccc(C(=O)[O-])cc1. The third-order valence-corrected chi connectivity index (χ3v) is 3.73. The summed E-state index contributed by atoms with van der Waals surface area (Å²) in [6, 6.07) is 6.91. The van der Waals surface area contributed by atoms with Gasteiger partial charge in [-0.15, -0.1) is 0 Å². The van der Waals surface area contributed by atoms with Crippen molar-refractivity contribution in [2.75, 3.05) is 0 Å². The Kier molecular flexibility index (Phi) is 5.14. The summed E-state index contributed by atoms with van der Waals surface area (Å²) in [5.74, 6) is 0.193. The number of carbonyl (C=O) groups is 1. The molecule has 4 nitrogen and oxygen atoms in total. The van der Waals surface area contributed by atoms with Crippen LogP contribution in [0.1, 0.15) is 48.4 Å². The molecule has 0 saturated heterocycles. The summed E-state index contributed by atoms with van der Waals surface area (Å²) in [6.07, 6.45) is 7.62. The van der Waals surface area contributed by atoms with Gasteiger partial charge in [0.05, 0.1) is 12.5 Å². The molecular weight excluding hydrogens is 264 g/mol. The Morgan fingerprint density at radius 1 is 1.24 bits per heavy atom. The van der Waals surface area contributed by atoms with Crippen LogP contribution in [-0.2, 0) is 19.5 Å². The third-order valence-electron chi connectivity index (χ3n) is 3.73. The number of carboxylic acids is 1. The number of aromatic carboxylic acids is 1. The zero-order valence-electron chi connectivity index (χ0n) is 12.7. The van der Waals surface area contributed by atoms with Crippen LogP contribution < -0.4 is 9.67 Å². The van der Waals surface area contributed by atoms with Gasteiger partial charge in [-0.3, -0.25) is 0 Å². The first-order valence-corrected chi connectivity index (χ1v) is 7.53. The van der Waals surface area contributed by atoms with E-state index in [1.807, 2.05) is 12.1 Å². The highest BCUT2D eigenvalue weighted by atomic mass is 16.4. The van der Waals surface area contributed by atoms with Crippen LogP contribution >= 0.6 is 0 Å². The molecule has 0 radical (unpaired) electrons. The fourth-order valence-electron chi connectivity index (χ4n) is 2.49. The van der Waals surface area contributed by atoms with Gasteiger partial charge in [0.2, 0.25) is 0 Å². The Morgan fingerprint density at radius 3 is 2.52 bits per heavy atom. The molecule has 0 aliphatic rings. The highest BCUT2D eigenvalue weighted by Gasteiger charge is 2.15. The largest absolute Gasteiger partial charge is 0.545 e. The van der Waals surface area contributed by atoms with Crippen molar-refractivity contribution in [3.8, 4) is 0 Å². The van der Waals surface area contributed by atoms with Crippen molar-refractivity contribution in [1.29, 1.82) is 0 Å². The fraction of sp³-hybridized carbons (Fsp3) is 0.412. The van der Waals surface area contributed by atoms with Gasteiger partial charge in [0, 0.05) is 6.42 Å². The van der Waals surface area contributed by atoms with E-state index in [1.165, 1.54) is 18.7 Å². The van der Waals surface area contributed by atoms with Crippen molar-refractivity contribution in [2.24, 2.45) is 0 Å². The predicted octanol–water partition coefficient (Wildman–Crippen LogP) is 1.55. The fourth-order valence-corrected chi connectivity index (χ4v) is 2.49. The molecule has 2 rings (SSSR count). The maximum atomic E-state index is 10.8. The van der Waals surface area contributed by atoms with Gasteiger partial charge in [0.1, 0.15) is 18.9 Å². The molecule has 0 unspecified atom stereocenters. The summed E-state index contributed by atoms with van der Waals surface area (Å²) >= 11 is 0. The van der Waals surface area contributed by atoms with Crippen LogP contribution in [0.15, 0.2) is 36.7 Å². The number of nitrogens with zero attached hydrogens (tertiary/aromatic N) is 2. The van der Waals surface area contributed by atoms with E-state index < -0.39 is 5.97 Å². The molecule has 0 saturated carbocycles. The Balaban J connectivity index is 2.18. The number of rotatable bonds is 7. The Morgan fingerprint density at radius 2 is 1.95 bits per heavy atom. The van der Waals surface area contributed by atoms with E-state index in [0.29, 0.717) is 0 Å². The molecule has 112 valence electrons. The molecule has 2 aromatic rings. The van der Waals surface area contributed by atoms with Crippen molar-refractivity contribution >= 4 is 5.97 Å². The second kappa shape index (κ2) is 7.07. The highest BCUT2D eigenvalue weighted by Crippen LogP contribution is 2.06. The van der Waals surface area contributed by atoms with E-state index in [2.05, 4.69) is 35.4 Å². The molecule has 0 aliphatic carbocycles.